The van der Waals surface area contributed by atoms with Gasteiger partial charge in [-0.2, -0.15) is 10.2 Å². The zero-order valence-corrected chi connectivity index (χ0v) is 22.6. The van der Waals surface area contributed by atoms with E-state index in [0.717, 1.165) is 58.9 Å². The van der Waals surface area contributed by atoms with Crippen molar-refractivity contribution in [1.82, 2.24) is 19.2 Å². The number of hydrogen-bond donors (Lipinski definition) is 0. The van der Waals surface area contributed by atoms with Gasteiger partial charge in [-0.15, -0.1) is 0 Å². The van der Waals surface area contributed by atoms with E-state index in [0.29, 0.717) is 0 Å². The molecule has 0 unspecified atom stereocenters. The number of fused-ring (bicyclic) bond motifs is 2. The Morgan fingerprint density at radius 3 is 1.91 bits per heavy atom. The number of nitrogens with zero attached hydrogens (tertiary/aromatic N) is 6. The smallest absolute Gasteiger partial charge is 0.151 e. The van der Waals surface area contributed by atoms with E-state index in [4.69, 9.17) is 28.3 Å². The van der Waals surface area contributed by atoms with Crippen LogP contribution in [0.15, 0.2) is 42.6 Å². The lowest BCUT2D eigenvalue weighted by Gasteiger charge is -2.19. The lowest BCUT2D eigenvalue weighted by Crippen LogP contribution is -2.43. The second kappa shape index (κ2) is 9.44. The Labute approximate surface area is 212 Å². The van der Waals surface area contributed by atoms with Crippen LogP contribution in [0, 0.1) is 0 Å². The molecule has 34 heavy (non-hydrogen) atoms. The van der Waals surface area contributed by atoms with E-state index in [1.807, 2.05) is 28.9 Å². The minimum atomic E-state index is -1.52. The summed E-state index contributed by atoms with van der Waals surface area (Å²) in [5.74, 6) is 2.16. The average molecular weight is 516 g/mol. The minimum Gasteiger partial charge on any atom is -0.355 e. The van der Waals surface area contributed by atoms with Crippen molar-refractivity contribution in [3.8, 4) is 0 Å². The highest BCUT2D eigenvalue weighted by Crippen LogP contribution is 2.23. The molecular weight excluding hydrogens is 483 g/mol. The van der Waals surface area contributed by atoms with Crippen LogP contribution in [-0.2, 0) is 0 Å². The maximum absolute atomic E-state index is 6.42. The molecule has 6 nitrogen and oxygen atoms in total. The number of pyridine rings is 2. The SMILES string of the molecule is C[Si](C)(C)c1c(Cl)ccc2cc(N3CCCC3)nn12.Clc1ccc2cc(N3CCCC3)nn2c1. The molecule has 0 amide bonds. The third-order valence-corrected chi connectivity index (χ3v) is 9.13. The van der Waals surface area contributed by atoms with Crippen LogP contribution < -0.4 is 15.1 Å². The molecule has 180 valence electrons. The van der Waals surface area contributed by atoms with Gasteiger partial charge >= 0.3 is 0 Å². The van der Waals surface area contributed by atoms with Gasteiger partial charge in [-0.05, 0) is 49.9 Å². The van der Waals surface area contributed by atoms with Gasteiger partial charge in [0.2, 0.25) is 0 Å². The summed E-state index contributed by atoms with van der Waals surface area (Å²) in [5.41, 5.74) is 2.25. The fraction of sp³-hybridized carbons (Fsp3) is 0.440. The van der Waals surface area contributed by atoms with Crippen LogP contribution in [0.3, 0.4) is 0 Å². The molecule has 0 spiro atoms. The number of anilines is 2. The fourth-order valence-corrected chi connectivity index (χ4v) is 7.61. The van der Waals surface area contributed by atoms with Gasteiger partial charge in [0.1, 0.15) is 8.07 Å². The van der Waals surface area contributed by atoms with Gasteiger partial charge in [0.15, 0.2) is 11.6 Å². The lowest BCUT2D eigenvalue weighted by atomic mass is 10.4. The normalized spacial score (nSPS) is 16.5. The molecule has 2 saturated heterocycles. The summed E-state index contributed by atoms with van der Waals surface area (Å²) in [6.45, 7) is 11.4. The molecule has 0 bridgehead atoms. The summed E-state index contributed by atoms with van der Waals surface area (Å²) in [4.78, 5) is 4.69. The Hall–Kier alpha value is -2.22. The zero-order chi connectivity index (χ0) is 23.9. The molecular formula is C25H32Cl2N6Si. The van der Waals surface area contributed by atoms with Crippen molar-refractivity contribution in [3.63, 3.8) is 0 Å². The second-order valence-electron chi connectivity index (χ2n) is 10.2. The van der Waals surface area contributed by atoms with Crippen molar-refractivity contribution >= 4 is 59.3 Å². The maximum Gasteiger partial charge on any atom is 0.151 e. The predicted octanol–water partition coefficient (Wildman–Crippen LogP) is 5.72. The highest BCUT2D eigenvalue weighted by molar-refractivity contribution is 6.89. The lowest BCUT2D eigenvalue weighted by molar-refractivity contribution is 0.884. The van der Waals surface area contributed by atoms with Crippen molar-refractivity contribution in [2.45, 2.75) is 45.3 Å². The van der Waals surface area contributed by atoms with Crippen LogP contribution in [0.2, 0.25) is 29.7 Å². The molecule has 2 aliphatic rings. The van der Waals surface area contributed by atoms with Crippen LogP contribution in [0.5, 0.6) is 0 Å². The van der Waals surface area contributed by atoms with E-state index in [1.165, 1.54) is 31.0 Å². The molecule has 2 fully saturated rings. The van der Waals surface area contributed by atoms with E-state index in [9.17, 15) is 0 Å². The number of aromatic nitrogens is 4. The number of rotatable bonds is 3. The topological polar surface area (TPSA) is 41.1 Å². The van der Waals surface area contributed by atoms with Crippen LogP contribution in [0.4, 0.5) is 11.6 Å². The highest BCUT2D eigenvalue weighted by atomic mass is 35.5. The van der Waals surface area contributed by atoms with Crippen LogP contribution in [0.1, 0.15) is 25.7 Å². The van der Waals surface area contributed by atoms with Gasteiger partial charge < -0.3 is 9.80 Å². The maximum atomic E-state index is 6.42. The van der Waals surface area contributed by atoms with Gasteiger partial charge in [0.05, 0.1) is 21.1 Å². The Morgan fingerprint density at radius 1 is 0.735 bits per heavy atom. The molecule has 0 saturated carbocycles. The van der Waals surface area contributed by atoms with Crippen LogP contribution in [0.25, 0.3) is 11.0 Å². The molecule has 0 aliphatic carbocycles. The molecule has 6 heterocycles. The molecule has 0 aromatic carbocycles. The monoisotopic (exact) mass is 514 g/mol. The van der Waals surface area contributed by atoms with Crippen molar-refractivity contribution in [2.75, 3.05) is 36.0 Å². The van der Waals surface area contributed by atoms with E-state index < -0.39 is 8.07 Å². The van der Waals surface area contributed by atoms with Gasteiger partial charge in [0.25, 0.3) is 0 Å². The van der Waals surface area contributed by atoms with Crippen molar-refractivity contribution in [2.24, 2.45) is 0 Å². The van der Waals surface area contributed by atoms with Crippen LogP contribution >= 0.6 is 23.2 Å². The molecule has 9 heteroatoms. The van der Waals surface area contributed by atoms with Crippen molar-refractivity contribution in [1.29, 1.82) is 0 Å². The minimum absolute atomic E-state index is 0.721. The Balaban J connectivity index is 0.000000145. The molecule has 4 aromatic heterocycles. The quantitative estimate of drug-likeness (QED) is 0.327. The van der Waals surface area contributed by atoms with Crippen molar-refractivity contribution in [3.05, 3.63) is 52.6 Å². The van der Waals surface area contributed by atoms with E-state index in [1.54, 1.807) is 0 Å². The van der Waals surface area contributed by atoms with Crippen molar-refractivity contribution < 1.29 is 0 Å². The van der Waals surface area contributed by atoms with E-state index in [-0.39, 0.29) is 0 Å². The summed E-state index contributed by atoms with van der Waals surface area (Å²) < 4.78 is 3.91. The van der Waals surface area contributed by atoms with Gasteiger partial charge in [-0.1, -0.05) is 42.8 Å². The Morgan fingerprint density at radius 2 is 1.29 bits per heavy atom. The molecule has 0 N–H and O–H groups in total. The first-order valence-electron chi connectivity index (χ1n) is 12.1. The first kappa shape index (κ1) is 23.5. The molecule has 2 aliphatic heterocycles. The third kappa shape index (κ3) is 4.79. The average Bonchev–Trinajstić information content (AvgIpc) is 3.58. The molecule has 0 radical (unpaired) electrons. The fourth-order valence-electron chi connectivity index (χ4n) is 4.84. The van der Waals surface area contributed by atoms with Gasteiger partial charge in [-0.3, -0.25) is 0 Å². The number of halogens is 2. The zero-order valence-electron chi connectivity index (χ0n) is 20.1. The largest absolute Gasteiger partial charge is 0.355 e. The Bertz CT molecular complexity index is 1300. The third-order valence-electron chi connectivity index (χ3n) is 6.54. The molecule has 0 atom stereocenters. The summed E-state index contributed by atoms with van der Waals surface area (Å²) in [7, 11) is -1.52. The summed E-state index contributed by atoms with van der Waals surface area (Å²) in [6, 6.07) is 12.3. The van der Waals surface area contributed by atoms with E-state index in [2.05, 4.69) is 57.3 Å². The number of hydrogen-bond acceptors (Lipinski definition) is 4. The molecule has 4 aromatic rings. The summed E-state index contributed by atoms with van der Waals surface area (Å²) in [6.07, 6.45) is 6.94. The first-order valence-corrected chi connectivity index (χ1v) is 16.4. The molecule has 6 rings (SSSR count). The van der Waals surface area contributed by atoms with Gasteiger partial charge in [-0.25, -0.2) is 9.03 Å². The van der Waals surface area contributed by atoms with Crippen LogP contribution in [-0.4, -0.2) is 53.5 Å². The van der Waals surface area contributed by atoms with E-state index >= 15 is 0 Å². The predicted molar refractivity (Wildman–Crippen MR) is 146 cm³/mol. The summed E-state index contributed by atoms with van der Waals surface area (Å²) in [5, 5.41) is 12.1. The highest BCUT2D eigenvalue weighted by Gasteiger charge is 2.25. The summed E-state index contributed by atoms with van der Waals surface area (Å²) >= 11 is 12.3. The Kier molecular flexibility index (Phi) is 6.53. The van der Waals surface area contributed by atoms with Gasteiger partial charge in [0, 0.05) is 49.8 Å². The second-order valence-corrected chi connectivity index (χ2v) is 16.0. The first-order chi connectivity index (χ1) is 16.3. The standard InChI is InChI=1S/C14H20ClN3Si.C11H12ClN3/c1-19(2,3)14-12(15)7-6-11-10-13(16-18(11)14)17-8-4-5-9-17;12-9-3-4-10-7-11(13-15(10)8-9)14-5-1-2-6-14/h6-7,10H,4-5,8-9H2,1-3H3;3-4,7-8H,1-2,5-6H2.